The van der Waals surface area contributed by atoms with Crippen molar-refractivity contribution in [3.63, 3.8) is 0 Å². The zero-order chi connectivity index (χ0) is 11.1. The summed E-state index contributed by atoms with van der Waals surface area (Å²) in [5, 5.41) is 7.83. The standard InChI is InChI=1S/C12H21NOS/c1-4-13-12(10(3)14-5-2)8-11-6-7-15-9-11/h6-7,9-10,12-13H,4-5,8H2,1-3H3. The second-order valence-electron chi connectivity index (χ2n) is 3.66. The predicted octanol–water partition coefficient (Wildman–Crippen LogP) is 2.69. The molecule has 0 aliphatic heterocycles. The van der Waals surface area contributed by atoms with Gasteiger partial charge in [0.15, 0.2) is 0 Å². The highest BCUT2D eigenvalue weighted by molar-refractivity contribution is 7.07. The highest BCUT2D eigenvalue weighted by atomic mass is 32.1. The zero-order valence-electron chi connectivity index (χ0n) is 9.82. The Morgan fingerprint density at radius 1 is 1.47 bits per heavy atom. The second kappa shape index (κ2) is 6.99. The maximum Gasteiger partial charge on any atom is 0.0703 e. The van der Waals surface area contributed by atoms with E-state index < -0.39 is 0 Å². The van der Waals surface area contributed by atoms with Crippen LogP contribution in [0.25, 0.3) is 0 Å². The van der Waals surface area contributed by atoms with Crippen molar-refractivity contribution >= 4 is 11.3 Å². The summed E-state index contributed by atoms with van der Waals surface area (Å²) in [5.41, 5.74) is 1.40. The molecule has 0 saturated carbocycles. The highest BCUT2D eigenvalue weighted by Gasteiger charge is 2.16. The van der Waals surface area contributed by atoms with E-state index in [4.69, 9.17) is 4.74 Å². The van der Waals surface area contributed by atoms with Crippen LogP contribution in [0.4, 0.5) is 0 Å². The molecule has 0 aromatic carbocycles. The molecule has 0 bridgehead atoms. The summed E-state index contributed by atoms with van der Waals surface area (Å²) in [4.78, 5) is 0. The average Bonchev–Trinajstić information content (AvgIpc) is 2.70. The lowest BCUT2D eigenvalue weighted by molar-refractivity contribution is 0.0481. The Morgan fingerprint density at radius 3 is 2.80 bits per heavy atom. The molecule has 1 rings (SSSR count). The first-order valence-electron chi connectivity index (χ1n) is 5.64. The van der Waals surface area contributed by atoms with Crippen LogP contribution in [0.5, 0.6) is 0 Å². The Bertz CT molecular complexity index is 248. The van der Waals surface area contributed by atoms with E-state index in [2.05, 4.69) is 36.0 Å². The van der Waals surface area contributed by atoms with Gasteiger partial charge in [0.25, 0.3) is 0 Å². The minimum Gasteiger partial charge on any atom is -0.377 e. The van der Waals surface area contributed by atoms with Crippen molar-refractivity contribution in [1.29, 1.82) is 0 Å². The van der Waals surface area contributed by atoms with Crippen LogP contribution in [-0.4, -0.2) is 25.3 Å². The van der Waals surface area contributed by atoms with E-state index in [9.17, 15) is 0 Å². The number of nitrogens with one attached hydrogen (secondary N) is 1. The van der Waals surface area contributed by atoms with Crippen LogP contribution in [-0.2, 0) is 11.2 Å². The molecule has 1 heterocycles. The van der Waals surface area contributed by atoms with Crippen molar-refractivity contribution < 1.29 is 4.74 Å². The minimum absolute atomic E-state index is 0.273. The fourth-order valence-corrected chi connectivity index (χ4v) is 2.39. The first-order chi connectivity index (χ1) is 7.27. The Balaban J connectivity index is 2.49. The van der Waals surface area contributed by atoms with E-state index in [0.717, 1.165) is 19.6 Å². The second-order valence-corrected chi connectivity index (χ2v) is 4.44. The lowest BCUT2D eigenvalue weighted by atomic mass is 10.0. The maximum atomic E-state index is 5.65. The van der Waals surface area contributed by atoms with E-state index in [-0.39, 0.29) is 6.10 Å². The summed E-state index contributed by atoms with van der Waals surface area (Å²) in [6.07, 6.45) is 1.33. The molecule has 0 amide bonds. The van der Waals surface area contributed by atoms with Crippen molar-refractivity contribution in [2.45, 2.75) is 39.3 Å². The summed E-state index contributed by atoms with van der Waals surface area (Å²) in [7, 11) is 0. The molecular formula is C12H21NOS. The largest absolute Gasteiger partial charge is 0.377 e. The number of thiophene rings is 1. The topological polar surface area (TPSA) is 21.3 Å². The van der Waals surface area contributed by atoms with Gasteiger partial charge in [0, 0.05) is 12.6 Å². The maximum absolute atomic E-state index is 5.65. The Hall–Kier alpha value is -0.380. The molecule has 86 valence electrons. The van der Waals surface area contributed by atoms with Gasteiger partial charge in [-0.05, 0) is 49.2 Å². The predicted molar refractivity (Wildman–Crippen MR) is 66.6 cm³/mol. The molecule has 2 nitrogen and oxygen atoms in total. The van der Waals surface area contributed by atoms with Crippen molar-refractivity contribution in [3.8, 4) is 0 Å². The van der Waals surface area contributed by atoms with Crippen LogP contribution in [0.2, 0.25) is 0 Å². The summed E-state index contributed by atoms with van der Waals surface area (Å²) in [5.74, 6) is 0. The number of ether oxygens (including phenoxy) is 1. The molecule has 2 atom stereocenters. The molecule has 3 heteroatoms. The van der Waals surface area contributed by atoms with Crippen molar-refractivity contribution in [2.75, 3.05) is 13.2 Å². The Kier molecular flexibility index (Phi) is 5.91. The third kappa shape index (κ3) is 4.33. The van der Waals surface area contributed by atoms with Gasteiger partial charge >= 0.3 is 0 Å². The fourth-order valence-electron chi connectivity index (χ4n) is 1.71. The lowest BCUT2D eigenvalue weighted by Crippen LogP contribution is -2.41. The van der Waals surface area contributed by atoms with Crippen LogP contribution >= 0.6 is 11.3 Å². The first-order valence-corrected chi connectivity index (χ1v) is 6.58. The molecule has 1 N–H and O–H groups in total. The first kappa shape index (κ1) is 12.7. The van der Waals surface area contributed by atoms with Gasteiger partial charge < -0.3 is 10.1 Å². The van der Waals surface area contributed by atoms with Gasteiger partial charge in [-0.25, -0.2) is 0 Å². The minimum atomic E-state index is 0.273. The summed E-state index contributed by atoms with van der Waals surface area (Å²) in [6.45, 7) is 8.10. The Morgan fingerprint density at radius 2 is 2.27 bits per heavy atom. The van der Waals surface area contributed by atoms with Crippen LogP contribution in [0.1, 0.15) is 26.3 Å². The quantitative estimate of drug-likeness (QED) is 0.773. The number of hydrogen-bond donors (Lipinski definition) is 1. The van der Waals surface area contributed by atoms with Gasteiger partial charge in [-0.15, -0.1) is 0 Å². The van der Waals surface area contributed by atoms with E-state index in [1.807, 2.05) is 6.92 Å². The van der Waals surface area contributed by atoms with Gasteiger partial charge in [0.1, 0.15) is 0 Å². The van der Waals surface area contributed by atoms with Crippen LogP contribution in [0.15, 0.2) is 16.8 Å². The summed E-state index contributed by atoms with van der Waals surface area (Å²) < 4.78 is 5.65. The van der Waals surface area contributed by atoms with Crippen LogP contribution in [0, 0.1) is 0 Å². The third-order valence-corrected chi connectivity index (χ3v) is 3.23. The summed E-state index contributed by atoms with van der Waals surface area (Å²) in [6, 6.07) is 2.61. The van der Waals surface area contributed by atoms with Crippen molar-refractivity contribution in [2.24, 2.45) is 0 Å². The molecule has 0 fully saturated rings. The van der Waals surface area contributed by atoms with Gasteiger partial charge in [0.05, 0.1) is 6.10 Å². The molecule has 1 aromatic rings. The fraction of sp³-hybridized carbons (Fsp3) is 0.667. The molecule has 2 unspecified atom stereocenters. The van der Waals surface area contributed by atoms with Gasteiger partial charge in [-0.1, -0.05) is 6.92 Å². The monoisotopic (exact) mass is 227 g/mol. The molecular weight excluding hydrogens is 206 g/mol. The molecule has 0 aliphatic rings. The zero-order valence-corrected chi connectivity index (χ0v) is 10.6. The molecule has 15 heavy (non-hydrogen) atoms. The van der Waals surface area contributed by atoms with E-state index in [0.29, 0.717) is 6.04 Å². The van der Waals surface area contributed by atoms with Gasteiger partial charge in [-0.2, -0.15) is 11.3 Å². The molecule has 0 saturated heterocycles. The van der Waals surface area contributed by atoms with E-state index in [1.165, 1.54) is 5.56 Å². The summed E-state index contributed by atoms with van der Waals surface area (Å²) >= 11 is 1.76. The normalized spacial score (nSPS) is 15.1. The third-order valence-electron chi connectivity index (χ3n) is 2.50. The number of rotatable bonds is 7. The van der Waals surface area contributed by atoms with Crippen LogP contribution < -0.4 is 5.32 Å². The smallest absolute Gasteiger partial charge is 0.0703 e. The van der Waals surface area contributed by atoms with Gasteiger partial charge in [0.2, 0.25) is 0 Å². The van der Waals surface area contributed by atoms with Crippen LogP contribution in [0.3, 0.4) is 0 Å². The number of likely N-dealkylation sites (N-methyl/N-ethyl adjacent to an activating group) is 1. The molecule has 0 radical (unpaired) electrons. The lowest BCUT2D eigenvalue weighted by Gasteiger charge is -2.24. The number of hydrogen-bond acceptors (Lipinski definition) is 3. The van der Waals surface area contributed by atoms with E-state index >= 15 is 0 Å². The molecule has 0 aliphatic carbocycles. The average molecular weight is 227 g/mol. The molecule has 1 aromatic heterocycles. The SMILES string of the molecule is CCNC(Cc1ccsc1)C(C)OCC. The Labute approximate surface area is 96.7 Å². The highest BCUT2D eigenvalue weighted by Crippen LogP contribution is 2.11. The molecule has 0 spiro atoms. The van der Waals surface area contributed by atoms with Gasteiger partial charge in [-0.3, -0.25) is 0 Å². The van der Waals surface area contributed by atoms with Crippen molar-refractivity contribution in [1.82, 2.24) is 5.32 Å². The van der Waals surface area contributed by atoms with E-state index in [1.54, 1.807) is 11.3 Å². The van der Waals surface area contributed by atoms with Crippen molar-refractivity contribution in [3.05, 3.63) is 22.4 Å².